The number of benzene rings is 1. The number of nitrogens with zero attached hydrogens (tertiary/aromatic N) is 1. The Morgan fingerprint density at radius 3 is 2.58 bits per heavy atom. The van der Waals surface area contributed by atoms with Crippen LogP contribution in [0.25, 0.3) is 0 Å². The second-order valence-electron chi connectivity index (χ2n) is 6.29. The lowest BCUT2D eigenvalue weighted by Gasteiger charge is -2.35. The van der Waals surface area contributed by atoms with Gasteiger partial charge in [0.2, 0.25) is 0 Å². The van der Waals surface area contributed by atoms with E-state index in [1.54, 1.807) is 7.11 Å². The number of carbonyl (C=O) groups excluding carboxylic acids is 1. The van der Waals surface area contributed by atoms with E-state index in [9.17, 15) is 4.79 Å². The number of rotatable bonds is 5. The standard InChI is InChI=1S/C18H23NO5/c1-21-14-5-3-13(4-6-14)16-11-15(24-19-16)12-18(17(20)22-2)7-9-23-10-8-18/h3-6,15H,7-12H2,1-2H3/t15-/m0/s1. The molecule has 2 aliphatic rings. The van der Waals surface area contributed by atoms with Crippen molar-refractivity contribution >= 4 is 11.7 Å². The average molecular weight is 333 g/mol. The van der Waals surface area contributed by atoms with Gasteiger partial charge in [-0.1, -0.05) is 5.16 Å². The zero-order valence-corrected chi connectivity index (χ0v) is 14.1. The lowest BCUT2D eigenvalue weighted by Crippen LogP contribution is -2.41. The van der Waals surface area contributed by atoms with E-state index in [1.807, 2.05) is 24.3 Å². The molecule has 6 heteroatoms. The largest absolute Gasteiger partial charge is 0.497 e. The van der Waals surface area contributed by atoms with Gasteiger partial charge < -0.3 is 19.0 Å². The van der Waals surface area contributed by atoms with Crippen molar-refractivity contribution < 1.29 is 23.8 Å². The summed E-state index contributed by atoms with van der Waals surface area (Å²) in [5.74, 6) is 0.633. The second kappa shape index (κ2) is 7.21. The van der Waals surface area contributed by atoms with E-state index in [0.717, 1.165) is 17.0 Å². The number of hydrogen-bond acceptors (Lipinski definition) is 6. The summed E-state index contributed by atoms with van der Waals surface area (Å²) in [4.78, 5) is 17.9. The van der Waals surface area contributed by atoms with Gasteiger partial charge in [-0.25, -0.2) is 0 Å². The number of ether oxygens (including phenoxy) is 3. The third-order valence-corrected chi connectivity index (χ3v) is 4.84. The first-order valence-corrected chi connectivity index (χ1v) is 8.20. The van der Waals surface area contributed by atoms with Gasteiger partial charge in [0.15, 0.2) is 0 Å². The fourth-order valence-corrected chi connectivity index (χ4v) is 3.40. The van der Waals surface area contributed by atoms with Crippen LogP contribution in [0.4, 0.5) is 0 Å². The Labute approximate surface area is 141 Å². The first-order chi connectivity index (χ1) is 11.7. The lowest BCUT2D eigenvalue weighted by atomic mass is 9.75. The molecule has 1 aromatic rings. The molecular formula is C18H23NO5. The summed E-state index contributed by atoms with van der Waals surface area (Å²) >= 11 is 0. The summed E-state index contributed by atoms with van der Waals surface area (Å²) in [6.07, 6.45) is 2.51. The van der Waals surface area contributed by atoms with Crippen LogP contribution in [0.5, 0.6) is 5.75 Å². The highest BCUT2D eigenvalue weighted by Gasteiger charge is 2.44. The topological polar surface area (TPSA) is 66.4 Å². The van der Waals surface area contributed by atoms with Crippen molar-refractivity contribution in [3.05, 3.63) is 29.8 Å². The van der Waals surface area contributed by atoms with Gasteiger partial charge in [0.25, 0.3) is 0 Å². The van der Waals surface area contributed by atoms with Crippen LogP contribution in [0.15, 0.2) is 29.4 Å². The van der Waals surface area contributed by atoms with Crippen molar-refractivity contribution in [2.75, 3.05) is 27.4 Å². The van der Waals surface area contributed by atoms with Crippen molar-refractivity contribution in [1.82, 2.24) is 0 Å². The molecule has 24 heavy (non-hydrogen) atoms. The normalized spacial score (nSPS) is 22.4. The Balaban J connectivity index is 1.66. The Morgan fingerprint density at radius 1 is 1.25 bits per heavy atom. The molecule has 6 nitrogen and oxygen atoms in total. The van der Waals surface area contributed by atoms with E-state index >= 15 is 0 Å². The maximum Gasteiger partial charge on any atom is 0.312 e. The molecule has 1 saturated heterocycles. The smallest absolute Gasteiger partial charge is 0.312 e. The minimum absolute atomic E-state index is 0.112. The van der Waals surface area contributed by atoms with Crippen molar-refractivity contribution in [3.63, 3.8) is 0 Å². The quantitative estimate of drug-likeness (QED) is 0.775. The summed E-state index contributed by atoms with van der Waals surface area (Å²) in [7, 11) is 3.08. The summed E-state index contributed by atoms with van der Waals surface area (Å²) < 4.78 is 15.6. The van der Waals surface area contributed by atoms with Crippen molar-refractivity contribution in [2.24, 2.45) is 10.6 Å². The molecule has 0 aromatic heterocycles. The number of methoxy groups -OCH3 is 2. The average Bonchev–Trinajstić information content (AvgIpc) is 3.10. The van der Waals surface area contributed by atoms with Crippen LogP contribution in [0, 0.1) is 5.41 Å². The molecule has 1 fully saturated rings. The van der Waals surface area contributed by atoms with E-state index in [1.165, 1.54) is 7.11 Å². The van der Waals surface area contributed by atoms with Gasteiger partial charge in [-0.2, -0.15) is 0 Å². The number of hydrogen-bond donors (Lipinski definition) is 0. The van der Waals surface area contributed by atoms with Crippen LogP contribution in [0.2, 0.25) is 0 Å². The molecule has 0 spiro atoms. The summed E-state index contributed by atoms with van der Waals surface area (Å²) in [6.45, 7) is 1.15. The summed E-state index contributed by atoms with van der Waals surface area (Å²) in [6, 6.07) is 7.74. The van der Waals surface area contributed by atoms with Crippen LogP contribution < -0.4 is 4.74 Å². The molecule has 0 bridgehead atoms. The van der Waals surface area contributed by atoms with E-state index in [-0.39, 0.29) is 12.1 Å². The van der Waals surface area contributed by atoms with Gasteiger partial charge in [-0.3, -0.25) is 4.79 Å². The van der Waals surface area contributed by atoms with Gasteiger partial charge in [-0.05, 0) is 42.7 Å². The molecule has 1 atom stereocenters. The Morgan fingerprint density at radius 2 is 1.96 bits per heavy atom. The Kier molecular flexibility index (Phi) is 5.04. The second-order valence-corrected chi connectivity index (χ2v) is 6.29. The van der Waals surface area contributed by atoms with Crippen LogP contribution in [0.3, 0.4) is 0 Å². The maximum absolute atomic E-state index is 12.3. The van der Waals surface area contributed by atoms with Gasteiger partial charge >= 0.3 is 5.97 Å². The fourth-order valence-electron chi connectivity index (χ4n) is 3.40. The number of oxime groups is 1. The summed E-state index contributed by atoms with van der Waals surface area (Å²) in [5, 5.41) is 4.22. The molecule has 0 aliphatic carbocycles. The molecule has 3 rings (SSSR count). The predicted molar refractivity (Wildman–Crippen MR) is 88.1 cm³/mol. The minimum Gasteiger partial charge on any atom is -0.497 e. The van der Waals surface area contributed by atoms with Gasteiger partial charge in [-0.15, -0.1) is 0 Å². The van der Waals surface area contributed by atoms with Gasteiger partial charge in [0, 0.05) is 26.1 Å². The monoisotopic (exact) mass is 333 g/mol. The highest BCUT2D eigenvalue weighted by molar-refractivity contribution is 6.01. The molecule has 0 unspecified atom stereocenters. The minimum atomic E-state index is -0.525. The van der Waals surface area contributed by atoms with Crippen LogP contribution in [0.1, 0.15) is 31.2 Å². The van der Waals surface area contributed by atoms with E-state index in [4.69, 9.17) is 19.0 Å². The van der Waals surface area contributed by atoms with Gasteiger partial charge in [0.05, 0.1) is 25.3 Å². The van der Waals surface area contributed by atoms with E-state index in [0.29, 0.717) is 38.9 Å². The Hall–Kier alpha value is -2.08. The van der Waals surface area contributed by atoms with Crippen molar-refractivity contribution in [1.29, 1.82) is 0 Å². The van der Waals surface area contributed by atoms with Crippen LogP contribution >= 0.6 is 0 Å². The molecule has 2 heterocycles. The molecule has 1 aromatic carbocycles. The first kappa shape index (κ1) is 16.8. The molecular weight excluding hydrogens is 310 g/mol. The number of carbonyl (C=O) groups is 1. The molecule has 2 aliphatic heterocycles. The van der Waals surface area contributed by atoms with Crippen molar-refractivity contribution in [3.8, 4) is 5.75 Å². The highest BCUT2D eigenvalue weighted by Crippen LogP contribution is 2.39. The van der Waals surface area contributed by atoms with Crippen molar-refractivity contribution in [2.45, 2.75) is 31.8 Å². The number of esters is 1. The lowest BCUT2D eigenvalue weighted by molar-refractivity contribution is -0.162. The van der Waals surface area contributed by atoms with Crippen LogP contribution in [-0.4, -0.2) is 45.2 Å². The Bertz CT molecular complexity index is 604. The first-order valence-electron chi connectivity index (χ1n) is 8.20. The zero-order valence-electron chi connectivity index (χ0n) is 14.1. The predicted octanol–water partition coefficient (Wildman–Crippen LogP) is 2.55. The van der Waals surface area contributed by atoms with E-state index in [2.05, 4.69) is 5.16 Å². The van der Waals surface area contributed by atoms with Crippen LogP contribution in [-0.2, 0) is 19.1 Å². The molecule has 0 saturated carbocycles. The summed E-state index contributed by atoms with van der Waals surface area (Å²) in [5.41, 5.74) is 1.38. The SMILES string of the molecule is COC(=O)C1(C[C@@H]2CC(c3ccc(OC)cc3)=NO2)CCOCC1. The van der Waals surface area contributed by atoms with E-state index < -0.39 is 5.41 Å². The molecule has 130 valence electrons. The highest BCUT2D eigenvalue weighted by atomic mass is 16.6. The fraction of sp³-hybridized carbons (Fsp3) is 0.556. The van der Waals surface area contributed by atoms with Gasteiger partial charge in [0.1, 0.15) is 11.9 Å². The third-order valence-electron chi connectivity index (χ3n) is 4.84. The maximum atomic E-state index is 12.3. The third kappa shape index (κ3) is 3.38. The molecule has 0 radical (unpaired) electrons. The zero-order chi connectivity index (χ0) is 17.0. The molecule has 0 amide bonds. The molecule has 0 N–H and O–H groups in total.